The first kappa shape index (κ1) is 15.7. The molecule has 23 heavy (non-hydrogen) atoms. The van der Waals surface area contributed by atoms with Crippen LogP contribution < -0.4 is 10.7 Å². The first-order valence-corrected chi connectivity index (χ1v) is 7.97. The Morgan fingerprint density at radius 3 is 2.61 bits per heavy atom. The van der Waals surface area contributed by atoms with Crippen molar-refractivity contribution in [2.75, 3.05) is 11.6 Å². The number of rotatable bonds is 4. The van der Waals surface area contributed by atoms with E-state index in [-0.39, 0.29) is 11.9 Å². The Kier molecular flexibility index (Phi) is 4.44. The molecule has 3 nitrogen and oxygen atoms in total. The van der Waals surface area contributed by atoms with Gasteiger partial charge < -0.3 is 5.73 Å². The first-order valence-electron chi connectivity index (χ1n) is 7.97. The van der Waals surface area contributed by atoms with Gasteiger partial charge in [0.25, 0.3) is 0 Å². The van der Waals surface area contributed by atoms with Gasteiger partial charge in [0.2, 0.25) is 0 Å². The SMILES string of the molecule is Cc1ccc(C)c(N2N=C(CCN)CC2c2ccc(F)cc2)c1. The fourth-order valence-electron chi connectivity index (χ4n) is 3.02. The smallest absolute Gasteiger partial charge is 0.123 e. The number of aryl methyl sites for hydroxylation is 2. The van der Waals surface area contributed by atoms with Gasteiger partial charge in [-0.2, -0.15) is 5.10 Å². The Balaban J connectivity index is 2.01. The molecule has 1 heterocycles. The molecule has 3 rings (SSSR count). The predicted molar refractivity (Wildman–Crippen MR) is 93.3 cm³/mol. The van der Waals surface area contributed by atoms with Crippen LogP contribution in [0.15, 0.2) is 47.6 Å². The second-order valence-electron chi connectivity index (χ2n) is 6.11. The van der Waals surface area contributed by atoms with Gasteiger partial charge >= 0.3 is 0 Å². The van der Waals surface area contributed by atoms with Crippen molar-refractivity contribution in [3.63, 3.8) is 0 Å². The third-order valence-corrected chi connectivity index (χ3v) is 4.27. The monoisotopic (exact) mass is 311 g/mol. The number of halogens is 1. The van der Waals surface area contributed by atoms with E-state index in [0.717, 1.165) is 29.8 Å². The third-order valence-electron chi connectivity index (χ3n) is 4.27. The zero-order chi connectivity index (χ0) is 16.4. The molecule has 2 N–H and O–H groups in total. The Bertz CT molecular complexity index is 722. The summed E-state index contributed by atoms with van der Waals surface area (Å²) < 4.78 is 13.2. The van der Waals surface area contributed by atoms with Crippen LogP contribution in [-0.4, -0.2) is 12.3 Å². The molecule has 0 aromatic heterocycles. The number of hydrogen-bond acceptors (Lipinski definition) is 3. The van der Waals surface area contributed by atoms with Crippen LogP contribution in [0.3, 0.4) is 0 Å². The molecule has 1 aliphatic rings. The number of anilines is 1. The number of hydrazone groups is 1. The highest BCUT2D eigenvalue weighted by atomic mass is 19.1. The van der Waals surface area contributed by atoms with E-state index < -0.39 is 0 Å². The average molecular weight is 311 g/mol. The standard InChI is InChI=1S/C19H22FN3/c1-13-3-4-14(2)18(11-13)23-19(12-17(22-23)9-10-21)15-5-7-16(20)8-6-15/h3-8,11,19H,9-10,12,21H2,1-2H3. The Labute approximate surface area is 136 Å². The summed E-state index contributed by atoms with van der Waals surface area (Å²) in [5.74, 6) is -0.215. The van der Waals surface area contributed by atoms with E-state index in [4.69, 9.17) is 10.8 Å². The van der Waals surface area contributed by atoms with Crippen molar-refractivity contribution >= 4 is 11.4 Å². The lowest BCUT2D eigenvalue weighted by molar-refractivity contribution is 0.624. The first-order chi connectivity index (χ1) is 11.1. The highest BCUT2D eigenvalue weighted by molar-refractivity contribution is 5.89. The van der Waals surface area contributed by atoms with Crippen molar-refractivity contribution in [2.24, 2.45) is 10.8 Å². The molecule has 2 aromatic rings. The molecule has 0 radical (unpaired) electrons. The van der Waals surface area contributed by atoms with E-state index in [0.29, 0.717) is 6.54 Å². The Morgan fingerprint density at radius 2 is 1.91 bits per heavy atom. The molecule has 2 aromatic carbocycles. The van der Waals surface area contributed by atoms with Crippen molar-refractivity contribution in [2.45, 2.75) is 32.7 Å². The van der Waals surface area contributed by atoms with Crippen LogP contribution in [-0.2, 0) is 0 Å². The van der Waals surface area contributed by atoms with E-state index in [1.807, 2.05) is 12.1 Å². The van der Waals surface area contributed by atoms with Crippen LogP contribution in [0.4, 0.5) is 10.1 Å². The molecule has 0 saturated heterocycles. The van der Waals surface area contributed by atoms with Gasteiger partial charge in [-0.15, -0.1) is 0 Å². The zero-order valence-corrected chi connectivity index (χ0v) is 13.6. The maximum Gasteiger partial charge on any atom is 0.123 e. The minimum atomic E-state index is -0.215. The van der Waals surface area contributed by atoms with Crippen LogP contribution in [0.25, 0.3) is 0 Å². The maximum absolute atomic E-state index is 13.2. The van der Waals surface area contributed by atoms with Gasteiger partial charge in [0.1, 0.15) is 5.82 Å². The van der Waals surface area contributed by atoms with E-state index in [9.17, 15) is 4.39 Å². The summed E-state index contributed by atoms with van der Waals surface area (Å²) in [4.78, 5) is 0. The van der Waals surface area contributed by atoms with Crippen molar-refractivity contribution < 1.29 is 4.39 Å². The highest BCUT2D eigenvalue weighted by Crippen LogP contribution is 2.37. The van der Waals surface area contributed by atoms with Crippen LogP contribution in [0.1, 0.15) is 35.6 Å². The second kappa shape index (κ2) is 6.50. The van der Waals surface area contributed by atoms with Gasteiger partial charge in [0.15, 0.2) is 0 Å². The van der Waals surface area contributed by atoms with E-state index in [1.54, 1.807) is 0 Å². The zero-order valence-electron chi connectivity index (χ0n) is 13.6. The van der Waals surface area contributed by atoms with Crippen molar-refractivity contribution in [1.29, 1.82) is 0 Å². The fraction of sp³-hybridized carbons (Fsp3) is 0.316. The normalized spacial score (nSPS) is 17.5. The van der Waals surface area contributed by atoms with E-state index in [2.05, 4.69) is 37.1 Å². The summed E-state index contributed by atoms with van der Waals surface area (Å²) in [5.41, 5.74) is 11.4. The summed E-state index contributed by atoms with van der Waals surface area (Å²) >= 11 is 0. The van der Waals surface area contributed by atoms with Gasteiger partial charge in [-0.05, 0) is 61.7 Å². The molecule has 1 unspecified atom stereocenters. The van der Waals surface area contributed by atoms with Gasteiger partial charge in [0, 0.05) is 12.1 Å². The number of nitrogens with zero attached hydrogens (tertiary/aromatic N) is 2. The minimum absolute atomic E-state index is 0.0950. The number of nitrogens with two attached hydrogens (primary N) is 1. The summed E-state index contributed by atoms with van der Waals surface area (Å²) in [6, 6.07) is 13.2. The maximum atomic E-state index is 13.2. The molecule has 4 heteroatoms. The number of benzene rings is 2. The van der Waals surface area contributed by atoms with E-state index in [1.165, 1.54) is 23.3 Å². The summed E-state index contributed by atoms with van der Waals surface area (Å²) in [7, 11) is 0. The lowest BCUT2D eigenvalue weighted by atomic mass is 9.99. The lowest BCUT2D eigenvalue weighted by Crippen LogP contribution is -2.19. The quantitative estimate of drug-likeness (QED) is 0.923. The van der Waals surface area contributed by atoms with E-state index >= 15 is 0 Å². The van der Waals surface area contributed by atoms with Crippen molar-refractivity contribution in [3.05, 3.63) is 65.0 Å². The molecule has 120 valence electrons. The molecule has 0 saturated carbocycles. The predicted octanol–water partition coefficient (Wildman–Crippen LogP) is 4.10. The fourth-order valence-corrected chi connectivity index (χ4v) is 3.02. The number of hydrogen-bond donors (Lipinski definition) is 1. The van der Waals surface area contributed by atoms with Gasteiger partial charge in [0.05, 0.1) is 11.7 Å². The molecule has 0 fully saturated rings. The van der Waals surface area contributed by atoms with Gasteiger partial charge in [-0.3, -0.25) is 5.01 Å². The van der Waals surface area contributed by atoms with Crippen LogP contribution >= 0.6 is 0 Å². The topological polar surface area (TPSA) is 41.6 Å². The molecular weight excluding hydrogens is 289 g/mol. The van der Waals surface area contributed by atoms with Crippen LogP contribution in [0, 0.1) is 19.7 Å². The van der Waals surface area contributed by atoms with Crippen LogP contribution in [0.5, 0.6) is 0 Å². The average Bonchev–Trinajstić information content (AvgIpc) is 2.94. The second-order valence-corrected chi connectivity index (χ2v) is 6.11. The molecule has 0 spiro atoms. The summed E-state index contributed by atoms with van der Waals surface area (Å²) in [5, 5.41) is 6.88. The Hall–Kier alpha value is -2.20. The molecule has 0 bridgehead atoms. The molecular formula is C19H22FN3. The lowest BCUT2D eigenvalue weighted by Gasteiger charge is -2.26. The Morgan fingerprint density at radius 1 is 1.17 bits per heavy atom. The van der Waals surface area contributed by atoms with Crippen LogP contribution in [0.2, 0.25) is 0 Å². The van der Waals surface area contributed by atoms with Crippen molar-refractivity contribution in [1.82, 2.24) is 0 Å². The summed E-state index contributed by atoms with van der Waals surface area (Å²) in [6.45, 7) is 4.76. The van der Waals surface area contributed by atoms with Crippen molar-refractivity contribution in [3.8, 4) is 0 Å². The molecule has 1 atom stereocenters. The third kappa shape index (κ3) is 3.27. The summed E-state index contributed by atoms with van der Waals surface area (Å²) in [6.07, 6.45) is 1.62. The highest BCUT2D eigenvalue weighted by Gasteiger charge is 2.29. The molecule has 1 aliphatic heterocycles. The largest absolute Gasteiger partial charge is 0.330 e. The van der Waals surface area contributed by atoms with Gasteiger partial charge in [-0.1, -0.05) is 24.3 Å². The van der Waals surface area contributed by atoms with Gasteiger partial charge in [-0.25, -0.2) is 4.39 Å². The molecule has 0 aliphatic carbocycles. The molecule has 0 amide bonds. The minimum Gasteiger partial charge on any atom is -0.330 e.